The summed E-state index contributed by atoms with van der Waals surface area (Å²) in [4.78, 5) is 17.1. The van der Waals surface area contributed by atoms with E-state index in [-0.39, 0.29) is 11.5 Å². The maximum atomic E-state index is 12.5. The molecule has 0 N–H and O–H groups in total. The zero-order valence-electron chi connectivity index (χ0n) is 16.0. The number of carbonyl (C=O) groups excluding carboxylic acids is 1. The number of hydrogen-bond donors (Lipinski definition) is 0. The number of likely N-dealkylation sites (N-methyl/N-ethyl adjacent to an activating group) is 1. The van der Waals surface area contributed by atoms with Crippen molar-refractivity contribution in [3.05, 3.63) is 29.8 Å². The van der Waals surface area contributed by atoms with E-state index in [1.165, 1.54) is 5.56 Å². The summed E-state index contributed by atoms with van der Waals surface area (Å²) in [5.74, 6) is 1.15. The van der Waals surface area contributed by atoms with Gasteiger partial charge in [0.15, 0.2) is 0 Å². The third kappa shape index (κ3) is 3.35. The van der Waals surface area contributed by atoms with Crippen LogP contribution >= 0.6 is 0 Å². The lowest BCUT2D eigenvalue weighted by atomic mass is 9.87. The topological polar surface area (TPSA) is 42.0 Å². The Bertz CT molecular complexity index is 663. The van der Waals surface area contributed by atoms with Crippen molar-refractivity contribution in [2.45, 2.75) is 50.2 Å². The fourth-order valence-corrected chi connectivity index (χ4v) is 4.44. The molecular formula is C21H30N2O3. The standard InChI is InChI=1S/C21H30N2O3/c1-3-23-16-20(26-21(8-9-21)19(23)24)10-13-22(14-11-20)12-7-17-5-4-6-18(15-17)25-2/h4-6,15H,3,7-14,16H2,1-2H3. The predicted molar refractivity (Wildman–Crippen MR) is 100 cm³/mol. The molecular weight excluding hydrogens is 328 g/mol. The molecule has 0 aromatic heterocycles. The second-order valence-electron chi connectivity index (χ2n) is 8.04. The average Bonchev–Trinajstić information content (AvgIpc) is 3.44. The molecule has 0 bridgehead atoms. The Labute approximate surface area is 156 Å². The lowest BCUT2D eigenvalue weighted by molar-refractivity contribution is -0.200. The van der Waals surface area contributed by atoms with Gasteiger partial charge < -0.3 is 19.3 Å². The molecule has 0 atom stereocenters. The molecule has 26 heavy (non-hydrogen) atoms. The van der Waals surface area contributed by atoms with Crippen molar-refractivity contribution in [3.63, 3.8) is 0 Å². The first-order valence-electron chi connectivity index (χ1n) is 9.93. The van der Waals surface area contributed by atoms with Crippen molar-refractivity contribution >= 4 is 5.91 Å². The van der Waals surface area contributed by atoms with Gasteiger partial charge >= 0.3 is 0 Å². The molecule has 2 aliphatic heterocycles. The minimum absolute atomic E-state index is 0.118. The zero-order valence-corrected chi connectivity index (χ0v) is 16.0. The lowest BCUT2D eigenvalue weighted by Gasteiger charge is -2.50. The van der Waals surface area contributed by atoms with E-state index in [1.807, 2.05) is 11.0 Å². The summed E-state index contributed by atoms with van der Waals surface area (Å²) in [7, 11) is 1.71. The fraction of sp³-hybridized carbons (Fsp3) is 0.667. The Kier molecular flexibility index (Phi) is 4.70. The lowest BCUT2D eigenvalue weighted by Crippen LogP contribution is -2.62. The molecule has 0 radical (unpaired) electrons. The number of benzene rings is 1. The van der Waals surface area contributed by atoms with E-state index in [0.29, 0.717) is 0 Å². The van der Waals surface area contributed by atoms with Crippen LogP contribution in [0, 0.1) is 0 Å². The van der Waals surface area contributed by atoms with E-state index >= 15 is 0 Å². The maximum Gasteiger partial charge on any atom is 0.254 e. The number of nitrogens with zero attached hydrogens (tertiary/aromatic N) is 2. The van der Waals surface area contributed by atoms with Crippen LogP contribution in [0.25, 0.3) is 0 Å². The quantitative estimate of drug-likeness (QED) is 0.811. The van der Waals surface area contributed by atoms with Crippen LogP contribution in [0.5, 0.6) is 5.75 Å². The third-order valence-corrected chi connectivity index (χ3v) is 6.27. The summed E-state index contributed by atoms with van der Waals surface area (Å²) in [5.41, 5.74) is 0.738. The normalized spacial score (nSPS) is 24.2. The van der Waals surface area contributed by atoms with Crippen LogP contribution in [0.2, 0.25) is 0 Å². The summed E-state index contributed by atoms with van der Waals surface area (Å²) in [6.07, 6.45) is 4.90. The molecule has 5 nitrogen and oxygen atoms in total. The van der Waals surface area contributed by atoms with Crippen LogP contribution in [0.15, 0.2) is 24.3 Å². The average molecular weight is 358 g/mol. The van der Waals surface area contributed by atoms with Crippen LogP contribution in [0.4, 0.5) is 0 Å². The van der Waals surface area contributed by atoms with Gasteiger partial charge in [-0.2, -0.15) is 0 Å². The summed E-state index contributed by atoms with van der Waals surface area (Å²) in [6.45, 7) is 6.80. The highest BCUT2D eigenvalue weighted by Gasteiger charge is 2.61. The molecule has 0 unspecified atom stereocenters. The number of piperidine rings is 1. The van der Waals surface area contributed by atoms with Gasteiger partial charge in [-0.15, -0.1) is 0 Å². The molecule has 3 aliphatic rings. The van der Waals surface area contributed by atoms with Crippen LogP contribution in [-0.4, -0.2) is 66.7 Å². The highest BCUT2D eigenvalue weighted by atomic mass is 16.5. The monoisotopic (exact) mass is 358 g/mol. The van der Waals surface area contributed by atoms with E-state index in [0.717, 1.165) is 70.6 Å². The van der Waals surface area contributed by atoms with Gasteiger partial charge in [-0.1, -0.05) is 12.1 Å². The number of rotatable bonds is 5. The first-order chi connectivity index (χ1) is 12.6. The van der Waals surface area contributed by atoms with Gasteiger partial charge in [0, 0.05) is 32.7 Å². The molecule has 1 amide bonds. The van der Waals surface area contributed by atoms with Gasteiger partial charge in [0.1, 0.15) is 11.4 Å². The molecule has 1 aromatic rings. The van der Waals surface area contributed by atoms with Crippen molar-refractivity contribution < 1.29 is 14.3 Å². The van der Waals surface area contributed by atoms with Crippen molar-refractivity contribution in [3.8, 4) is 5.75 Å². The minimum atomic E-state index is -0.461. The van der Waals surface area contributed by atoms with Crippen LogP contribution in [0.3, 0.4) is 0 Å². The molecule has 1 aromatic carbocycles. The molecule has 2 heterocycles. The van der Waals surface area contributed by atoms with E-state index in [1.54, 1.807) is 7.11 Å². The van der Waals surface area contributed by atoms with Crippen molar-refractivity contribution in [1.82, 2.24) is 9.80 Å². The van der Waals surface area contributed by atoms with Gasteiger partial charge in [0.25, 0.3) is 5.91 Å². The Morgan fingerprint density at radius 3 is 2.62 bits per heavy atom. The highest BCUT2D eigenvalue weighted by Crippen LogP contribution is 2.49. The van der Waals surface area contributed by atoms with Crippen molar-refractivity contribution in [2.75, 3.05) is 39.8 Å². The number of carbonyl (C=O) groups is 1. The Hall–Kier alpha value is -1.59. The Morgan fingerprint density at radius 2 is 1.96 bits per heavy atom. The molecule has 4 rings (SSSR count). The van der Waals surface area contributed by atoms with Gasteiger partial charge in [0.2, 0.25) is 0 Å². The maximum absolute atomic E-state index is 12.5. The third-order valence-electron chi connectivity index (χ3n) is 6.27. The summed E-state index contributed by atoms with van der Waals surface area (Å²) >= 11 is 0. The van der Waals surface area contributed by atoms with Gasteiger partial charge in [-0.25, -0.2) is 0 Å². The van der Waals surface area contributed by atoms with E-state index < -0.39 is 5.60 Å². The molecule has 2 spiro atoms. The summed E-state index contributed by atoms with van der Waals surface area (Å²) < 4.78 is 11.8. The van der Waals surface area contributed by atoms with Crippen LogP contribution in [-0.2, 0) is 16.0 Å². The van der Waals surface area contributed by atoms with Crippen LogP contribution < -0.4 is 4.74 Å². The molecule has 2 saturated heterocycles. The number of ether oxygens (including phenoxy) is 2. The Morgan fingerprint density at radius 1 is 1.19 bits per heavy atom. The number of methoxy groups -OCH3 is 1. The molecule has 1 aliphatic carbocycles. The molecule has 1 saturated carbocycles. The van der Waals surface area contributed by atoms with E-state index in [2.05, 4.69) is 30.0 Å². The second-order valence-corrected chi connectivity index (χ2v) is 8.04. The fourth-order valence-electron chi connectivity index (χ4n) is 4.44. The summed E-state index contributed by atoms with van der Waals surface area (Å²) in [6, 6.07) is 8.33. The molecule has 142 valence electrons. The van der Waals surface area contributed by atoms with Crippen molar-refractivity contribution in [1.29, 1.82) is 0 Å². The number of likely N-dealkylation sites (tertiary alicyclic amines) is 1. The van der Waals surface area contributed by atoms with E-state index in [9.17, 15) is 4.79 Å². The van der Waals surface area contributed by atoms with Gasteiger partial charge in [-0.05, 0) is 56.7 Å². The SMILES string of the molecule is CCN1CC2(CCN(CCc3cccc(OC)c3)CC2)OC2(CC2)C1=O. The largest absolute Gasteiger partial charge is 0.497 e. The number of hydrogen-bond acceptors (Lipinski definition) is 4. The minimum Gasteiger partial charge on any atom is -0.497 e. The highest BCUT2D eigenvalue weighted by molar-refractivity contribution is 5.89. The first kappa shape index (κ1) is 17.8. The van der Waals surface area contributed by atoms with Gasteiger partial charge in [0.05, 0.1) is 12.7 Å². The smallest absolute Gasteiger partial charge is 0.254 e. The Balaban J connectivity index is 1.33. The predicted octanol–water partition coefficient (Wildman–Crippen LogP) is 2.48. The number of amides is 1. The zero-order chi connectivity index (χ0) is 18.2. The second kappa shape index (κ2) is 6.86. The summed E-state index contributed by atoms with van der Waals surface area (Å²) in [5, 5.41) is 0. The molecule has 5 heteroatoms. The van der Waals surface area contributed by atoms with Crippen molar-refractivity contribution in [2.24, 2.45) is 0 Å². The number of morpholine rings is 1. The van der Waals surface area contributed by atoms with Gasteiger partial charge in [-0.3, -0.25) is 4.79 Å². The van der Waals surface area contributed by atoms with Crippen LogP contribution in [0.1, 0.15) is 38.2 Å². The first-order valence-corrected chi connectivity index (χ1v) is 9.93. The molecule has 3 fully saturated rings. The van der Waals surface area contributed by atoms with E-state index in [4.69, 9.17) is 9.47 Å².